The van der Waals surface area contributed by atoms with Crippen LogP contribution in [0.2, 0.25) is 0 Å². The zero-order chi connectivity index (χ0) is 16.9. The molecule has 0 heterocycles. The third-order valence-corrected chi connectivity index (χ3v) is 3.48. The van der Waals surface area contributed by atoms with Crippen LogP contribution in [0.4, 0.5) is 0 Å². The normalized spacial score (nSPS) is 10.6. The van der Waals surface area contributed by atoms with Crippen molar-refractivity contribution >= 4 is 18.3 Å². The summed E-state index contributed by atoms with van der Waals surface area (Å²) in [5, 5.41) is 0. The zero-order valence-electron chi connectivity index (χ0n) is 14.6. The first-order valence-electron chi connectivity index (χ1n) is 7.05. The van der Waals surface area contributed by atoms with Gasteiger partial charge < -0.3 is 24.8 Å². The van der Waals surface area contributed by atoms with E-state index in [1.54, 1.807) is 24.1 Å². The van der Waals surface area contributed by atoms with Gasteiger partial charge in [-0.05, 0) is 24.1 Å². The number of ether oxygens (including phenoxy) is 3. The summed E-state index contributed by atoms with van der Waals surface area (Å²) in [5.74, 6) is 1.25. The molecule has 0 saturated carbocycles. The van der Waals surface area contributed by atoms with Gasteiger partial charge in [-0.2, -0.15) is 0 Å². The second-order valence-electron chi connectivity index (χ2n) is 5.94. The van der Waals surface area contributed by atoms with Crippen molar-refractivity contribution in [2.45, 2.75) is 13.8 Å². The number of hydrogen-bond donors (Lipinski definition) is 1. The first-order chi connectivity index (χ1) is 10.3. The summed E-state index contributed by atoms with van der Waals surface area (Å²) in [7, 11) is 6.32. The van der Waals surface area contributed by atoms with E-state index in [-0.39, 0.29) is 23.7 Å². The van der Waals surface area contributed by atoms with Crippen molar-refractivity contribution in [3.05, 3.63) is 17.7 Å². The van der Waals surface area contributed by atoms with Crippen LogP contribution in [0.1, 0.15) is 24.2 Å². The van der Waals surface area contributed by atoms with Crippen LogP contribution < -0.4 is 19.9 Å². The van der Waals surface area contributed by atoms with Crippen molar-refractivity contribution in [1.29, 1.82) is 0 Å². The Morgan fingerprint density at radius 2 is 1.61 bits per heavy atom. The Morgan fingerprint density at radius 3 is 1.96 bits per heavy atom. The predicted octanol–water partition coefficient (Wildman–Crippen LogP) is 2.19. The van der Waals surface area contributed by atoms with Crippen LogP contribution in [0, 0.1) is 5.41 Å². The van der Waals surface area contributed by atoms with Gasteiger partial charge in [0.05, 0.1) is 21.3 Å². The third kappa shape index (κ3) is 5.18. The summed E-state index contributed by atoms with van der Waals surface area (Å²) in [6, 6.07) is 3.30. The lowest BCUT2D eigenvalue weighted by Gasteiger charge is -2.29. The van der Waals surface area contributed by atoms with E-state index < -0.39 is 0 Å². The Balaban J connectivity index is 0.00000484. The van der Waals surface area contributed by atoms with E-state index >= 15 is 0 Å². The Morgan fingerprint density at radius 1 is 1.13 bits per heavy atom. The average molecular weight is 347 g/mol. The number of carbonyl (C=O) groups excluding carboxylic acids is 1. The van der Waals surface area contributed by atoms with Crippen LogP contribution in [0.5, 0.6) is 17.2 Å². The molecule has 0 unspecified atom stereocenters. The number of methoxy groups -OCH3 is 3. The van der Waals surface area contributed by atoms with Crippen LogP contribution in [-0.4, -0.2) is 52.3 Å². The van der Waals surface area contributed by atoms with Crippen molar-refractivity contribution in [2.75, 3.05) is 41.5 Å². The summed E-state index contributed by atoms with van der Waals surface area (Å²) in [6.07, 6.45) is 0. The van der Waals surface area contributed by atoms with Crippen molar-refractivity contribution in [3.63, 3.8) is 0 Å². The number of carbonyl (C=O) groups is 1. The lowest BCUT2D eigenvalue weighted by molar-refractivity contribution is 0.0739. The molecule has 23 heavy (non-hydrogen) atoms. The van der Waals surface area contributed by atoms with Crippen LogP contribution in [0.25, 0.3) is 0 Å². The lowest BCUT2D eigenvalue weighted by Crippen LogP contribution is -2.39. The molecule has 1 rings (SSSR count). The van der Waals surface area contributed by atoms with Gasteiger partial charge in [0.2, 0.25) is 5.75 Å². The number of nitrogens with two attached hydrogens (primary N) is 1. The van der Waals surface area contributed by atoms with Crippen molar-refractivity contribution in [3.8, 4) is 17.2 Å². The second-order valence-corrected chi connectivity index (χ2v) is 5.94. The summed E-state index contributed by atoms with van der Waals surface area (Å²) in [6.45, 7) is 5.09. The molecule has 1 aromatic rings. The molecule has 0 radical (unpaired) electrons. The average Bonchev–Trinajstić information content (AvgIpc) is 2.51. The Hall–Kier alpha value is -1.66. The number of benzene rings is 1. The number of hydrogen-bond acceptors (Lipinski definition) is 5. The number of rotatable bonds is 7. The molecule has 1 aromatic carbocycles. The minimum Gasteiger partial charge on any atom is -0.493 e. The first-order valence-corrected chi connectivity index (χ1v) is 7.05. The lowest BCUT2D eigenvalue weighted by atomic mass is 9.93. The smallest absolute Gasteiger partial charge is 0.253 e. The van der Waals surface area contributed by atoms with Crippen LogP contribution in [0.3, 0.4) is 0 Å². The van der Waals surface area contributed by atoms with Gasteiger partial charge in [0.1, 0.15) is 0 Å². The fourth-order valence-corrected chi connectivity index (χ4v) is 2.20. The minimum atomic E-state index is -0.148. The Labute approximate surface area is 144 Å². The van der Waals surface area contributed by atoms with E-state index in [1.165, 1.54) is 21.3 Å². The molecule has 0 saturated heterocycles. The van der Waals surface area contributed by atoms with E-state index in [2.05, 4.69) is 0 Å². The molecule has 0 aromatic heterocycles. The molecule has 0 aliphatic carbocycles. The summed E-state index contributed by atoms with van der Waals surface area (Å²) < 4.78 is 15.8. The quantitative estimate of drug-likeness (QED) is 0.819. The van der Waals surface area contributed by atoms with Crippen LogP contribution >= 0.6 is 12.4 Å². The van der Waals surface area contributed by atoms with Crippen LogP contribution in [0.15, 0.2) is 12.1 Å². The molecule has 2 N–H and O–H groups in total. The highest BCUT2D eigenvalue weighted by Gasteiger charge is 2.24. The zero-order valence-corrected chi connectivity index (χ0v) is 15.5. The van der Waals surface area contributed by atoms with Crippen molar-refractivity contribution in [2.24, 2.45) is 11.1 Å². The maximum atomic E-state index is 12.6. The molecule has 6 nitrogen and oxygen atoms in total. The molecule has 0 bridgehead atoms. The van der Waals surface area contributed by atoms with E-state index in [0.717, 1.165) is 0 Å². The molecule has 0 fully saturated rings. The van der Waals surface area contributed by atoms with Gasteiger partial charge in [-0.25, -0.2) is 0 Å². The van der Waals surface area contributed by atoms with E-state index in [0.29, 0.717) is 35.9 Å². The first kappa shape index (κ1) is 21.3. The highest BCUT2D eigenvalue weighted by molar-refractivity contribution is 5.95. The predicted molar refractivity (Wildman–Crippen MR) is 93.1 cm³/mol. The van der Waals surface area contributed by atoms with Gasteiger partial charge in [0.15, 0.2) is 11.5 Å². The standard InChI is InChI=1S/C16H26N2O4.ClH/c1-16(2,9-17)10-18(3)15(19)11-7-12(20-4)14(22-6)13(8-11)21-5;/h7-8H,9-10,17H2,1-6H3;1H. The van der Waals surface area contributed by atoms with Gasteiger partial charge in [0, 0.05) is 19.2 Å². The molecule has 1 amide bonds. The third-order valence-electron chi connectivity index (χ3n) is 3.48. The van der Waals surface area contributed by atoms with Gasteiger partial charge in [-0.1, -0.05) is 13.8 Å². The van der Waals surface area contributed by atoms with Gasteiger partial charge in [-0.15, -0.1) is 12.4 Å². The van der Waals surface area contributed by atoms with E-state index in [9.17, 15) is 4.79 Å². The van der Waals surface area contributed by atoms with Crippen LogP contribution in [-0.2, 0) is 0 Å². The fourth-order valence-electron chi connectivity index (χ4n) is 2.20. The summed E-state index contributed by atoms with van der Waals surface area (Å²) in [5.41, 5.74) is 6.06. The largest absolute Gasteiger partial charge is 0.493 e. The number of nitrogens with zero attached hydrogens (tertiary/aromatic N) is 1. The topological polar surface area (TPSA) is 74.0 Å². The van der Waals surface area contributed by atoms with Gasteiger partial charge >= 0.3 is 0 Å². The van der Waals surface area contributed by atoms with E-state index in [1.807, 2.05) is 13.8 Å². The Kier molecular flexibility index (Phi) is 8.20. The molecule has 132 valence electrons. The maximum absolute atomic E-state index is 12.6. The highest BCUT2D eigenvalue weighted by atomic mass is 35.5. The molecule has 0 spiro atoms. The number of amides is 1. The molecule has 0 aliphatic heterocycles. The fraction of sp³-hybridized carbons (Fsp3) is 0.562. The molecule has 0 aliphatic rings. The second kappa shape index (κ2) is 8.84. The van der Waals surface area contributed by atoms with Gasteiger partial charge in [-0.3, -0.25) is 4.79 Å². The highest BCUT2D eigenvalue weighted by Crippen LogP contribution is 2.38. The number of halogens is 1. The summed E-state index contributed by atoms with van der Waals surface area (Å²) >= 11 is 0. The maximum Gasteiger partial charge on any atom is 0.253 e. The minimum absolute atomic E-state index is 0. The molecular weight excluding hydrogens is 320 g/mol. The van der Waals surface area contributed by atoms with Gasteiger partial charge in [0.25, 0.3) is 5.91 Å². The SMILES string of the molecule is COc1cc(C(=O)N(C)CC(C)(C)CN)cc(OC)c1OC.Cl. The Bertz CT molecular complexity index is 510. The van der Waals surface area contributed by atoms with Crippen molar-refractivity contribution in [1.82, 2.24) is 4.90 Å². The monoisotopic (exact) mass is 346 g/mol. The summed E-state index contributed by atoms with van der Waals surface area (Å²) in [4.78, 5) is 14.3. The molecular formula is C16H27ClN2O4. The van der Waals surface area contributed by atoms with E-state index in [4.69, 9.17) is 19.9 Å². The molecule has 7 heteroatoms. The molecule has 0 atom stereocenters. The van der Waals surface area contributed by atoms with Crippen molar-refractivity contribution < 1.29 is 19.0 Å².